The highest BCUT2D eigenvalue weighted by molar-refractivity contribution is 7.92. The van der Waals surface area contributed by atoms with Crippen LogP contribution in [0.2, 0.25) is 0 Å². The number of nitrogens with zero attached hydrogens (tertiary/aromatic N) is 1. The first-order chi connectivity index (χ1) is 12.9. The Balaban J connectivity index is 1.62. The predicted molar refractivity (Wildman–Crippen MR) is 106 cm³/mol. The molecule has 27 heavy (non-hydrogen) atoms. The first kappa shape index (κ1) is 17.3. The van der Waals surface area contributed by atoms with Crippen LogP contribution >= 0.6 is 0 Å². The maximum atomic E-state index is 12.4. The lowest BCUT2D eigenvalue weighted by Crippen LogP contribution is -2.12. The molecule has 0 spiro atoms. The van der Waals surface area contributed by atoms with E-state index in [0.717, 1.165) is 27.8 Å². The highest BCUT2D eigenvalue weighted by Crippen LogP contribution is 2.28. The summed E-state index contributed by atoms with van der Waals surface area (Å²) in [6, 6.07) is 19.3. The third-order valence-electron chi connectivity index (χ3n) is 4.26. The lowest BCUT2D eigenvalue weighted by atomic mass is 10.1. The molecule has 0 saturated heterocycles. The Labute approximate surface area is 157 Å². The van der Waals surface area contributed by atoms with Crippen LogP contribution in [0.4, 0.5) is 5.69 Å². The maximum Gasteiger partial charge on any atom is 0.261 e. The van der Waals surface area contributed by atoms with Gasteiger partial charge in [0.2, 0.25) is 5.89 Å². The molecule has 0 atom stereocenters. The van der Waals surface area contributed by atoms with Crippen molar-refractivity contribution >= 4 is 26.8 Å². The lowest BCUT2D eigenvalue weighted by molar-refractivity contribution is 0.601. The monoisotopic (exact) mass is 378 g/mol. The van der Waals surface area contributed by atoms with Gasteiger partial charge in [-0.1, -0.05) is 24.3 Å². The summed E-state index contributed by atoms with van der Waals surface area (Å²) in [4.78, 5) is 4.77. The second-order valence-electron chi connectivity index (χ2n) is 6.44. The van der Waals surface area contributed by atoms with E-state index in [9.17, 15) is 8.42 Å². The predicted octanol–water partition coefficient (Wildman–Crippen LogP) is 4.91. The molecule has 0 amide bonds. The molecular formula is C21H18N2O3S. The van der Waals surface area contributed by atoms with Crippen LogP contribution in [0.25, 0.3) is 22.6 Å². The van der Waals surface area contributed by atoms with Crippen LogP contribution in [0.15, 0.2) is 76.0 Å². The molecule has 1 N–H and O–H groups in total. The van der Waals surface area contributed by atoms with Crippen LogP contribution in [-0.2, 0) is 10.0 Å². The number of sulfonamides is 1. The highest BCUT2D eigenvalue weighted by atomic mass is 32.2. The molecule has 0 aliphatic carbocycles. The Morgan fingerprint density at radius 3 is 2.33 bits per heavy atom. The van der Waals surface area contributed by atoms with Gasteiger partial charge in [0.15, 0.2) is 5.58 Å². The maximum absolute atomic E-state index is 12.4. The zero-order valence-corrected chi connectivity index (χ0v) is 15.7. The second kappa shape index (κ2) is 6.55. The first-order valence-electron chi connectivity index (χ1n) is 8.48. The van der Waals surface area contributed by atoms with E-state index in [1.165, 1.54) is 0 Å². The summed E-state index contributed by atoms with van der Waals surface area (Å²) in [6.45, 7) is 4.01. The van der Waals surface area contributed by atoms with E-state index in [1.54, 1.807) is 54.6 Å². The van der Waals surface area contributed by atoms with Gasteiger partial charge in [-0.15, -0.1) is 0 Å². The molecule has 0 aliphatic rings. The molecule has 0 aliphatic heterocycles. The number of nitrogens with one attached hydrogen (secondary N) is 1. The van der Waals surface area contributed by atoms with E-state index in [2.05, 4.69) is 15.8 Å². The van der Waals surface area contributed by atoms with E-state index in [-0.39, 0.29) is 4.90 Å². The van der Waals surface area contributed by atoms with Crippen molar-refractivity contribution in [2.75, 3.05) is 4.72 Å². The number of anilines is 1. The summed E-state index contributed by atoms with van der Waals surface area (Å²) in [5.41, 5.74) is 5.01. The van der Waals surface area contributed by atoms with Crippen molar-refractivity contribution in [1.82, 2.24) is 4.98 Å². The molecule has 1 heterocycles. The van der Waals surface area contributed by atoms with Crippen molar-refractivity contribution in [1.29, 1.82) is 0 Å². The van der Waals surface area contributed by atoms with Crippen LogP contribution in [0.1, 0.15) is 11.1 Å². The standard InChI is InChI=1S/C21H18N2O3S/c1-14-12-15(2)20-19(13-14)22-21(26-20)16-8-10-17(11-9-16)23-27(24,25)18-6-4-3-5-7-18/h3-13,23H,1-2H3. The van der Waals surface area contributed by atoms with Crippen molar-refractivity contribution in [3.8, 4) is 11.5 Å². The third-order valence-corrected chi connectivity index (χ3v) is 5.65. The van der Waals surface area contributed by atoms with Gasteiger partial charge in [0.25, 0.3) is 10.0 Å². The Kier molecular flexibility index (Phi) is 4.20. The number of aryl methyl sites for hydroxylation is 2. The molecule has 136 valence electrons. The number of benzene rings is 3. The van der Waals surface area contributed by atoms with E-state index in [4.69, 9.17) is 4.42 Å². The Morgan fingerprint density at radius 1 is 0.926 bits per heavy atom. The molecule has 1 aromatic heterocycles. The van der Waals surface area contributed by atoms with Crippen LogP contribution < -0.4 is 4.72 Å². The molecule has 0 saturated carbocycles. The number of oxazole rings is 1. The summed E-state index contributed by atoms with van der Waals surface area (Å²) in [5.74, 6) is 0.510. The number of hydrogen-bond acceptors (Lipinski definition) is 4. The Bertz CT molecular complexity index is 1210. The summed E-state index contributed by atoms with van der Waals surface area (Å²) in [5, 5.41) is 0. The Morgan fingerprint density at radius 2 is 1.63 bits per heavy atom. The fourth-order valence-corrected chi connectivity index (χ4v) is 4.07. The van der Waals surface area contributed by atoms with Crippen molar-refractivity contribution in [2.24, 2.45) is 0 Å². The quantitative estimate of drug-likeness (QED) is 0.547. The number of rotatable bonds is 4. The largest absolute Gasteiger partial charge is 0.436 e. The molecule has 0 radical (unpaired) electrons. The number of fused-ring (bicyclic) bond motifs is 1. The third kappa shape index (κ3) is 3.44. The minimum Gasteiger partial charge on any atom is -0.436 e. The summed E-state index contributed by atoms with van der Waals surface area (Å²) in [7, 11) is -3.61. The van der Waals surface area contributed by atoms with E-state index in [0.29, 0.717) is 11.6 Å². The fourth-order valence-electron chi connectivity index (χ4n) is 2.99. The minimum atomic E-state index is -3.61. The van der Waals surface area contributed by atoms with Gasteiger partial charge in [0, 0.05) is 11.3 Å². The summed E-state index contributed by atoms with van der Waals surface area (Å²) >= 11 is 0. The normalized spacial score (nSPS) is 11.6. The van der Waals surface area contributed by atoms with Crippen molar-refractivity contribution in [2.45, 2.75) is 18.7 Å². The van der Waals surface area contributed by atoms with Gasteiger partial charge in [-0.05, 0) is 67.4 Å². The fraction of sp³-hybridized carbons (Fsp3) is 0.0952. The van der Waals surface area contributed by atoms with E-state index in [1.807, 2.05) is 19.9 Å². The van der Waals surface area contributed by atoms with Gasteiger partial charge < -0.3 is 4.42 Å². The molecule has 4 rings (SSSR count). The van der Waals surface area contributed by atoms with Crippen molar-refractivity contribution in [3.05, 3.63) is 77.9 Å². The van der Waals surface area contributed by atoms with Gasteiger partial charge in [-0.25, -0.2) is 13.4 Å². The van der Waals surface area contributed by atoms with Crippen LogP contribution in [0.5, 0.6) is 0 Å². The summed E-state index contributed by atoms with van der Waals surface area (Å²) < 4.78 is 33.3. The topological polar surface area (TPSA) is 72.2 Å². The van der Waals surface area contributed by atoms with E-state index >= 15 is 0 Å². The van der Waals surface area contributed by atoms with Crippen LogP contribution in [-0.4, -0.2) is 13.4 Å². The van der Waals surface area contributed by atoms with Gasteiger partial charge in [0.05, 0.1) is 4.90 Å². The van der Waals surface area contributed by atoms with Gasteiger partial charge >= 0.3 is 0 Å². The molecule has 6 heteroatoms. The molecule has 0 bridgehead atoms. The number of hydrogen-bond donors (Lipinski definition) is 1. The average Bonchev–Trinajstić information content (AvgIpc) is 3.07. The highest BCUT2D eigenvalue weighted by Gasteiger charge is 2.14. The van der Waals surface area contributed by atoms with Gasteiger partial charge in [0.1, 0.15) is 5.52 Å². The molecule has 0 fully saturated rings. The lowest BCUT2D eigenvalue weighted by Gasteiger charge is -2.08. The molecule has 0 unspecified atom stereocenters. The van der Waals surface area contributed by atoms with Crippen molar-refractivity contribution < 1.29 is 12.8 Å². The minimum absolute atomic E-state index is 0.221. The zero-order chi connectivity index (χ0) is 19.0. The molecule has 5 nitrogen and oxygen atoms in total. The molecular weight excluding hydrogens is 360 g/mol. The zero-order valence-electron chi connectivity index (χ0n) is 14.9. The average molecular weight is 378 g/mol. The second-order valence-corrected chi connectivity index (χ2v) is 8.13. The van der Waals surface area contributed by atoms with E-state index < -0.39 is 10.0 Å². The first-order valence-corrected chi connectivity index (χ1v) is 9.97. The van der Waals surface area contributed by atoms with Crippen LogP contribution in [0, 0.1) is 13.8 Å². The molecule has 3 aromatic carbocycles. The van der Waals surface area contributed by atoms with Gasteiger partial charge in [-0.2, -0.15) is 0 Å². The summed E-state index contributed by atoms with van der Waals surface area (Å²) in [6.07, 6.45) is 0. The Hall–Kier alpha value is -3.12. The number of aromatic nitrogens is 1. The van der Waals surface area contributed by atoms with Crippen LogP contribution in [0.3, 0.4) is 0 Å². The molecule has 4 aromatic rings. The van der Waals surface area contributed by atoms with Crippen molar-refractivity contribution in [3.63, 3.8) is 0 Å². The SMILES string of the molecule is Cc1cc(C)c2oc(-c3ccc(NS(=O)(=O)c4ccccc4)cc3)nc2c1. The van der Waals surface area contributed by atoms with Gasteiger partial charge in [-0.3, -0.25) is 4.72 Å². The smallest absolute Gasteiger partial charge is 0.261 e.